The molecule has 0 unspecified atom stereocenters. The Kier molecular flexibility index (Phi) is 6.25. The summed E-state index contributed by atoms with van der Waals surface area (Å²) in [4.78, 5) is 27.1. The maximum absolute atomic E-state index is 12.9. The van der Waals surface area contributed by atoms with E-state index in [0.29, 0.717) is 23.8 Å². The summed E-state index contributed by atoms with van der Waals surface area (Å²) in [5.41, 5.74) is 2.64. The Hall–Kier alpha value is -2.66. The Labute approximate surface area is 172 Å². The number of carbonyl (C=O) groups is 2. The SMILES string of the molecule is O=C(Nc1cccc(C(=O)N2CCC(Cc3ccccc3)CC2)c1)[C@@H]1CCCO1. The molecular formula is C24H28N2O3. The van der Waals surface area contributed by atoms with E-state index >= 15 is 0 Å². The van der Waals surface area contributed by atoms with Gasteiger partial charge in [-0.05, 0) is 61.8 Å². The van der Waals surface area contributed by atoms with Gasteiger partial charge in [0.15, 0.2) is 0 Å². The Bertz CT molecular complexity index is 838. The standard InChI is InChI=1S/C24H28N2O3/c27-23(22-10-5-15-29-22)25-21-9-4-8-20(17-21)24(28)26-13-11-19(12-14-26)16-18-6-2-1-3-7-18/h1-4,6-9,17,19,22H,5,10-16H2,(H,25,27)/t22-/m0/s1. The molecular weight excluding hydrogens is 364 g/mol. The first-order chi connectivity index (χ1) is 14.2. The fraction of sp³-hybridized carbons (Fsp3) is 0.417. The number of anilines is 1. The van der Waals surface area contributed by atoms with Gasteiger partial charge in [0.05, 0.1) is 0 Å². The molecule has 2 heterocycles. The maximum atomic E-state index is 12.9. The second-order valence-electron chi connectivity index (χ2n) is 8.00. The lowest BCUT2D eigenvalue weighted by molar-refractivity contribution is -0.124. The Morgan fingerprint density at radius 3 is 2.52 bits per heavy atom. The number of likely N-dealkylation sites (tertiary alicyclic amines) is 1. The lowest BCUT2D eigenvalue weighted by Crippen LogP contribution is -2.39. The van der Waals surface area contributed by atoms with E-state index in [9.17, 15) is 9.59 Å². The fourth-order valence-electron chi connectivity index (χ4n) is 4.21. The minimum Gasteiger partial charge on any atom is -0.368 e. The summed E-state index contributed by atoms with van der Waals surface area (Å²) in [6.45, 7) is 2.20. The largest absolute Gasteiger partial charge is 0.368 e. The summed E-state index contributed by atoms with van der Waals surface area (Å²) >= 11 is 0. The van der Waals surface area contributed by atoms with Crippen molar-refractivity contribution in [2.45, 2.75) is 38.2 Å². The van der Waals surface area contributed by atoms with Crippen LogP contribution in [0.1, 0.15) is 41.6 Å². The molecule has 2 aromatic carbocycles. The molecule has 0 radical (unpaired) electrons. The molecule has 152 valence electrons. The van der Waals surface area contributed by atoms with Gasteiger partial charge in [0, 0.05) is 30.9 Å². The average Bonchev–Trinajstić information content (AvgIpc) is 3.30. The van der Waals surface area contributed by atoms with Crippen molar-refractivity contribution in [3.8, 4) is 0 Å². The summed E-state index contributed by atoms with van der Waals surface area (Å²) in [5, 5.41) is 2.88. The van der Waals surface area contributed by atoms with Gasteiger partial charge in [-0.25, -0.2) is 0 Å². The van der Waals surface area contributed by atoms with E-state index in [1.54, 1.807) is 6.07 Å². The van der Waals surface area contributed by atoms with E-state index in [-0.39, 0.29) is 17.9 Å². The van der Waals surface area contributed by atoms with E-state index in [0.717, 1.165) is 45.2 Å². The molecule has 2 aromatic rings. The lowest BCUT2D eigenvalue weighted by Gasteiger charge is -2.32. The van der Waals surface area contributed by atoms with Crippen molar-refractivity contribution >= 4 is 17.5 Å². The molecule has 2 aliphatic heterocycles. The van der Waals surface area contributed by atoms with E-state index in [1.807, 2.05) is 29.2 Å². The molecule has 0 bridgehead atoms. The molecule has 4 rings (SSSR count). The van der Waals surface area contributed by atoms with Gasteiger partial charge >= 0.3 is 0 Å². The van der Waals surface area contributed by atoms with E-state index in [1.165, 1.54) is 5.56 Å². The first-order valence-electron chi connectivity index (χ1n) is 10.5. The molecule has 29 heavy (non-hydrogen) atoms. The monoisotopic (exact) mass is 392 g/mol. The van der Waals surface area contributed by atoms with E-state index in [4.69, 9.17) is 4.74 Å². The summed E-state index contributed by atoms with van der Waals surface area (Å²) < 4.78 is 5.43. The molecule has 2 amide bonds. The Balaban J connectivity index is 1.32. The number of benzene rings is 2. The van der Waals surface area contributed by atoms with Crippen molar-refractivity contribution < 1.29 is 14.3 Å². The highest BCUT2D eigenvalue weighted by molar-refractivity contribution is 5.98. The van der Waals surface area contributed by atoms with Crippen LogP contribution in [0.15, 0.2) is 54.6 Å². The van der Waals surface area contributed by atoms with Gasteiger partial charge < -0.3 is 15.0 Å². The number of hydrogen-bond acceptors (Lipinski definition) is 3. The summed E-state index contributed by atoms with van der Waals surface area (Å²) in [5.74, 6) is 0.531. The van der Waals surface area contributed by atoms with Gasteiger partial charge in [-0.3, -0.25) is 9.59 Å². The topological polar surface area (TPSA) is 58.6 Å². The number of amides is 2. The molecule has 2 aliphatic rings. The molecule has 0 saturated carbocycles. The summed E-state index contributed by atoms with van der Waals surface area (Å²) in [6, 6.07) is 17.8. The number of rotatable bonds is 5. The molecule has 0 spiro atoms. The second kappa shape index (κ2) is 9.23. The third-order valence-electron chi connectivity index (χ3n) is 5.87. The van der Waals surface area contributed by atoms with Crippen molar-refractivity contribution in [1.29, 1.82) is 0 Å². The minimum absolute atomic E-state index is 0.0383. The third-order valence-corrected chi connectivity index (χ3v) is 5.87. The number of piperidine rings is 1. The first-order valence-corrected chi connectivity index (χ1v) is 10.5. The van der Waals surface area contributed by atoms with Crippen LogP contribution < -0.4 is 5.32 Å². The number of hydrogen-bond donors (Lipinski definition) is 1. The second-order valence-corrected chi connectivity index (χ2v) is 8.00. The number of ether oxygens (including phenoxy) is 1. The zero-order valence-electron chi connectivity index (χ0n) is 16.7. The minimum atomic E-state index is -0.377. The summed E-state index contributed by atoms with van der Waals surface area (Å²) in [6.07, 6.45) is 4.41. The predicted molar refractivity (Wildman–Crippen MR) is 113 cm³/mol. The molecule has 5 heteroatoms. The van der Waals surface area contributed by atoms with Gasteiger partial charge in [0.2, 0.25) is 0 Å². The van der Waals surface area contributed by atoms with Crippen molar-refractivity contribution in [3.05, 3.63) is 65.7 Å². The van der Waals surface area contributed by atoms with Crippen LogP contribution in [0.5, 0.6) is 0 Å². The van der Waals surface area contributed by atoms with Gasteiger partial charge in [-0.15, -0.1) is 0 Å². The van der Waals surface area contributed by atoms with Gasteiger partial charge in [0.1, 0.15) is 6.10 Å². The van der Waals surface area contributed by atoms with Crippen molar-refractivity contribution in [2.75, 3.05) is 25.0 Å². The van der Waals surface area contributed by atoms with Crippen LogP contribution >= 0.6 is 0 Å². The smallest absolute Gasteiger partial charge is 0.253 e. The van der Waals surface area contributed by atoms with E-state index < -0.39 is 0 Å². The zero-order valence-corrected chi connectivity index (χ0v) is 16.7. The highest BCUT2D eigenvalue weighted by atomic mass is 16.5. The Morgan fingerprint density at radius 2 is 1.79 bits per heavy atom. The lowest BCUT2D eigenvalue weighted by atomic mass is 9.90. The summed E-state index contributed by atoms with van der Waals surface area (Å²) in [7, 11) is 0. The molecule has 0 aromatic heterocycles. The van der Waals surface area contributed by atoms with Gasteiger partial charge in [0.25, 0.3) is 11.8 Å². The quantitative estimate of drug-likeness (QED) is 0.840. The molecule has 2 saturated heterocycles. The number of nitrogens with one attached hydrogen (secondary N) is 1. The maximum Gasteiger partial charge on any atom is 0.253 e. The average molecular weight is 392 g/mol. The number of carbonyl (C=O) groups excluding carboxylic acids is 2. The van der Waals surface area contributed by atoms with Gasteiger partial charge in [-0.1, -0.05) is 36.4 Å². The first kappa shape index (κ1) is 19.6. The fourth-order valence-corrected chi connectivity index (χ4v) is 4.21. The highest BCUT2D eigenvalue weighted by Crippen LogP contribution is 2.24. The van der Waals surface area contributed by atoms with Crippen LogP contribution in [-0.4, -0.2) is 42.5 Å². The molecule has 1 N–H and O–H groups in total. The van der Waals surface area contributed by atoms with Crippen molar-refractivity contribution in [2.24, 2.45) is 5.92 Å². The van der Waals surface area contributed by atoms with Crippen LogP contribution in [0.2, 0.25) is 0 Å². The predicted octanol–water partition coefficient (Wildman–Crippen LogP) is 3.90. The Morgan fingerprint density at radius 1 is 1.00 bits per heavy atom. The molecule has 5 nitrogen and oxygen atoms in total. The van der Waals surface area contributed by atoms with Crippen molar-refractivity contribution in [3.63, 3.8) is 0 Å². The highest BCUT2D eigenvalue weighted by Gasteiger charge is 2.25. The van der Waals surface area contributed by atoms with Crippen LogP contribution in [0.4, 0.5) is 5.69 Å². The van der Waals surface area contributed by atoms with Crippen LogP contribution in [0.25, 0.3) is 0 Å². The normalized spacial score (nSPS) is 19.9. The van der Waals surface area contributed by atoms with Crippen LogP contribution in [0.3, 0.4) is 0 Å². The third kappa shape index (κ3) is 5.04. The van der Waals surface area contributed by atoms with E-state index in [2.05, 4.69) is 29.6 Å². The molecule has 2 fully saturated rings. The zero-order chi connectivity index (χ0) is 20.1. The van der Waals surface area contributed by atoms with Crippen molar-refractivity contribution in [1.82, 2.24) is 4.90 Å². The van der Waals surface area contributed by atoms with Crippen LogP contribution in [0, 0.1) is 5.92 Å². The molecule has 1 atom stereocenters. The van der Waals surface area contributed by atoms with Crippen LogP contribution in [-0.2, 0) is 16.0 Å². The number of nitrogens with zero attached hydrogens (tertiary/aromatic N) is 1. The molecule has 0 aliphatic carbocycles. The van der Waals surface area contributed by atoms with Gasteiger partial charge in [-0.2, -0.15) is 0 Å².